The molecule has 0 saturated heterocycles. The lowest BCUT2D eigenvalue weighted by molar-refractivity contribution is -0.131. The molecule has 0 N–H and O–H groups in total. The van der Waals surface area contributed by atoms with Gasteiger partial charge >= 0.3 is 5.97 Å². The molecule has 0 bridgehead atoms. The van der Waals surface area contributed by atoms with Crippen molar-refractivity contribution in [3.05, 3.63) is 28.8 Å². The summed E-state index contributed by atoms with van der Waals surface area (Å²) in [6, 6.07) is 5.18. The van der Waals surface area contributed by atoms with Gasteiger partial charge in [0.1, 0.15) is 5.75 Å². The van der Waals surface area contributed by atoms with Crippen molar-refractivity contribution < 1.29 is 9.53 Å². The van der Waals surface area contributed by atoms with Gasteiger partial charge in [0.25, 0.3) is 0 Å². The summed E-state index contributed by atoms with van der Waals surface area (Å²) in [7, 11) is 0. The van der Waals surface area contributed by atoms with Gasteiger partial charge in [-0.15, -0.1) is 0 Å². The number of aryl methyl sites for hydroxylation is 1. The van der Waals surface area contributed by atoms with Crippen molar-refractivity contribution in [3.8, 4) is 5.75 Å². The van der Waals surface area contributed by atoms with Gasteiger partial charge in [0.2, 0.25) is 0 Å². The quantitative estimate of drug-likeness (QED) is 0.590. The van der Waals surface area contributed by atoms with Gasteiger partial charge in [0.05, 0.1) is 5.75 Å². The van der Waals surface area contributed by atoms with E-state index in [1.54, 1.807) is 18.2 Å². The van der Waals surface area contributed by atoms with Gasteiger partial charge in [-0.2, -0.15) is 11.8 Å². The zero-order valence-electron chi connectivity index (χ0n) is 8.04. The molecule has 1 aromatic rings. The molecule has 0 unspecified atom stereocenters. The average Bonchev–Trinajstić information content (AvgIpc) is 2.10. The van der Waals surface area contributed by atoms with E-state index in [9.17, 15) is 4.79 Å². The van der Waals surface area contributed by atoms with Crippen LogP contribution in [-0.4, -0.2) is 18.0 Å². The molecule has 0 aliphatic rings. The van der Waals surface area contributed by atoms with E-state index < -0.39 is 0 Å². The number of ether oxygens (including phenoxy) is 1. The van der Waals surface area contributed by atoms with Crippen molar-refractivity contribution in [2.45, 2.75) is 6.92 Å². The van der Waals surface area contributed by atoms with Crippen LogP contribution in [0.15, 0.2) is 18.2 Å². The van der Waals surface area contributed by atoms with Crippen molar-refractivity contribution in [1.29, 1.82) is 0 Å². The van der Waals surface area contributed by atoms with E-state index in [0.29, 0.717) is 16.5 Å². The van der Waals surface area contributed by atoms with Crippen LogP contribution in [0.2, 0.25) is 5.02 Å². The lowest BCUT2D eigenvalue weighted by Crippen LogP contribution is -2.10. The summed E-state index contributed by atoms with van der Waals surface area (Å²) in [5, 5.41) is 0.646. The van der Waals surface area contributed by atoms with Crippen LogP contribution in [0.5, 0.6) is 5.75 Å². The van der Waals surface area contributed by atoms with Gasteiger partial charge in [-0.1, -0.05) is 11.6 Å². The Morgan fingerprint density at radius 3 is 2.86 bits per heavy atom. The molecule has 0 spiro atoms. The molecule has 0 atom stereocenters. The van der Waals surface area contributed by atoms with Crippen LogP contribution in [0.3, 0.4) is 0 Å². The molecule has 1 aromatic carbocycles. The van der Waals surface area contributed by atoms with Gasteiger partial charge in [0, 0.05) is 5.02 Å². The minimum Gasteiger partial charge on any atom is -0.426 e. The van der Waals surface area contributed by atoms with Gasteiger partial charge in [-0.3, -0.25) is 4.79 Å². The summed E-state index contributed by atoms with van der Waals surface area (Å²) >= 11 is 7.21. The topological polar surface area (TPSA) is 26.3 Å². The van der Waals surface area contributed by atoms with E-state index >= 15 is 0 Å². The average molecular weight is 231 g/mol. The summed E-state index contributed by atoms with van der Waals surface area (Å²) in [6.45, 7) is 1.85. The summed E-state index contributed by atoms with van der Waals surface area (Å²) in [4.78, 5) is 11.2. The zero-order valence-corrected chi connectivity index (χ0v) is 9.61. The van der Waals surface area contributed by atoms with E-state index in [4.69, 9.17) is 16.3 Å². The number of carbonyl (C=O) groups excluding carboxylic acids is 1. The molecule has 0 aliphatic heterocycles. The first-order chi connectivity index (χ1) is 6.63. The van der Waals surface area contributed by atoms with Crippen molar-refractivity contribution in [3.63, 3.8) is 0 Å². The highest BCUT2D eigenvalue weighted by Crippen LogP contribution is 2.22. The van der Waals surface area contributed by atoms with E-state index in [0.717, 1.165) is 5.56 Å². The van der Waals surface area contributed by atoms with Crippen LogP contribution in [0, 0.1) is 6.92 Å². The molecule has 1 rings (SSSR count). The highest BCUT2D eigenvalue weighted by atomic mass is 35.5. The third-order valence-electron chi connectivity index (χ3n) is 1.62. The molecule has 0 aliphatic carbocycles. The summed E-state index contributed by atoms with van der Waals surface area (Å²) < 4.78 is 5.12. The molecule has 0 radical (unpaired) electrons. The highest BCUT2D eigenvalue weighted by Gasteiger charge is 2.06. The molecular formula is C10H11ClO2S. The molecule has 0 saturated carbocycles. The lowest BCUT2D eigenvalue weighted by atomic mass is 10.2. The third kappa shape index (κ3) is 3.24. The third-order valence-corrected chi connectivity index (χ3v) is 2.38. The Hall–Kier alpha value is -0.670. The first-order valence-corrected chi connectivity index (χ1v) is 5.86. The van der Waals surface area contributed by atoms with Crippen LogP contribution in [0.25, 0.3) is 0 Å². The van der Waals surface area contributed by atoms with Crippen molar-refractivity contribution in [1.82, 2.24) is 0 Å². The standard InChI is InChI=1S/C10H11ClO2S/c1-7-5-8(11)3-4-9(7)13-10(12)6-14-2/h3-5H,6H2,1-2H3. The normalized spacial score (nSPS) is 9.93. The predicted octanol–water partition coefficient (Wildman–Crippen LogP) is 2.92. The maximum atomic E-state index is 11.2. The molecule has 0 fully saturated rings. The minimum atomic E-state index is -0.233. The fraction of sp³-hybridized carbons (Fsp3) is 0.300. The van der Waals surface area contributed by atoms with E-state index in [1.165, 1.54) is 11.8 Å². The Balaban J connectivity index is 2.72. The summed E-state index contributed by atoms with van der Waals surface area (Å²) in [6.07, 6.45) is 1.86. The Labute approximate surface area is 92.6 Å². The number of rotatable bonds is 3. The number of esters is 1. The Morgan fingerprint density at radius 2 is 2.29 bits per heavy atom. The second kappa shape index (κ2) is 5.27. The number of thioether (sulfide) groups is 1. The molecule has 14 heavy (non-hydrogen) atoms. The Kier molecular flexibility index (Phi) is 4.29. The number of hydrogen-bond acceptors (Lipinski definition) is 3. The number of hydrogen-bond donors (Lipinski definition) is 0. The molecule has 0 aromatic heterocycles. The highest BCUT2D eigenvalue weighted by molar-refractivity contribution is 7.99. The molecule has 2 nitrogen and oxygen atoms in total. The van der Waals surface area contributed by atoms with Crippen LogP contribution in [0.1, 0.15) is 5.56 Å². The maximum Gasteiger partial charge on any atom is 0.321 e. The molecule has 0 heterocycles. The number of halogens is 1. The minimum absolute atomic E-state index is 0.233. The predicted molar refractivity (Wildman–Crippen MR) is 60.2 cm³/mol. The number of benzene rings is 1. The van der Waals surface area contributed by atoms with E-state index in [2.05, 4.69) is 0 Å². The van der Waals surface area contributed by atoms with E-state index in [1.807, 2.05) is 13.2 Å². The molecule has 0 amide bonds. The fourth-order valence-corrected chi connectivity index (χ4v) is 1.52. The largest absolute Gasteiger partial charge is 0.426 e. The van der Waals surface area contributed by atoms with Gasteiger partial charge in [0.15, 0.2) is 0 Å². The first-order valence-electron chi connectivity index (χ1n) is 4.09. The SMILES string of the molecule is CSCC(=O)Oc1ccc(Cl)cc1C. The number of carbonyl (C=O) groups is 1. The maximum absolute atomic E-state index is 11.2. The smallest absolute Gasteiger partial charge is 0.321 e. The van der Waals surface area contributed by atoms with Crippen molar-refractivity contribution >= 4 is 29.3 Å². The van der Waals surface area contributed by atoms with Crippen LogP contribution >= 0.6 is 23.4 Å². The zero-order chi connectivity index (χ0) is 10.6. The fourth-order valence-electron chi connectivity index (χ4n) is 0.997. The van der Waals surface area contributed by atoms with Gasteiger partial charge in [-0.05, 0) is 36.9 Å². The molecular weight excluding hydrogens is 220 g/mol. The van der Waals surface area contributed by atoms with Crippen LogP contribution < -0.4 is 4.74 Å². The Bertz CT molecular complexity index is 339. The summed E-state index contributed by atoms with van der Waals surface area (Å²) in [5.41, 5.74) is 0.868. The first kappa shape index (κ1) is 11.4. The van der Waals surface area contributed by atoms with Gasteiger partial charge < -0.3 is 4.74 Å². The van der Waals surface area contributed by atoms with Crippen LogP contribution in [0.4, 0.5) is 0 Å². The monoisotopic (exact) mass is 230 g/mol. The summed E-state index contributed by atoms with van der Waals surface area (Å²) in [5.74, 6) is 0.707. The Morgan fingerprint density at radius 1 is 1.57 bits per heavy atom. The van der Waals surface area contributed by atoms with Gasteiger partial charge in [-0.25, -0.2) is 0 Å². The van der Waals surface area contributed by atoms with Crippen LogP contribution in [-0.2, 0) is 4.79 Å². The second-order valence-corrected chi connectivity index (χ2v) is 4.12. The van der Waals surface area contributed by atoms with Crippen molar-refractivity contribution in [2.75, 3.05) is 12.0 Å². The second-order valence-electron chi connectivity index (χ2n) is 2.82. The lowest BCUT2D eigenvalue weighted by Gasteiger charge is -2.06. The molecule has 4 heteroatoms. The van der Waals surface area contributed by atoms with E-state index in [-0.39, 0.29) is 5.97 Å². The molecule has 76 valence electrons. The van der Waals surface area contributed by atoms with Crippen molar-refractivity contribution in [2.24, 2.45) is 0 Å².